The van der Waals surface area contributed by atoms with Crippen molar-refractivity contribution in [2.24, 2.45) is 0 Å². The molecule has 1 aromatic carbocycles. The predicted molar refractivity (Wildman–Crippen MR) is 54.8 cm³/mol. The molecule has 0 saturated carbocycles. The van der Waals surface area contributed by atoms with Gasteiger partial charge < -0.3 is 9.64 Å². The topological polar surface area (TPSA) is 29.5 Å². The number of rotatable bonds is 1. The highest BCUT2D eigenvalue weighted by atomic mass is 16.5. The molecule has 1 heterocycles. The first-order chi connectivity index (χ1) is 6.66. The molecule has 1 aliphatic heterocycles. The van der Waals surface area contributed by atoms with Crippen LogP contribution in [0.1, 0.15) is 18.4 Å². The van der Waals surface area contributed by atoms with Crippen molar-refractivity contribution >= 4 is 11.6 Å². The summed E-state index contributed by atoms with van der Waals surface area (Å²) in [6.07, 6.45) is 0. The molecule has 2 rings (SSSR count). The number of amides is 1. The zero-order valence-corrected chi connectivity index (χ0v) is 8.57. The second-order valence-corrected chi connectivity index (χ2v) is 3.51. The first kappa shape index (κ1) is 9.06. The number of carbonyl (C=O) groups excluding carboxylic acids is 1. The highest BCUT2D eigenvalue weighted by Crippen LogP contribution is 2.41. The molecule has 0 aliphatic carbocycles. The first-order valence-electron chi connectivity index (χ1n) is 4.61. The maximum atomic E-state index is 11.7. The van der Waals surface area contributed by atoms with Gasteiger partial charge in [0.25, 0.3) is 0 Å². The van der Waals surface area contributed by atoms with Crippen LogP contribution in [0.3, 0.4) is 0 Å². The Kier molecular flexibility index (Phi) is 1.95. The van der Waals surface area contributed by atoms with Gasteiger partial charge in [0.05, 0.1) is 18.7 Å². The minimum absolute atomic E-state index is 0.0915. The van der Waals surface area contributed by atoms with E-state index in [1.807, 2.05) is 25.1 Å². The molecule has 1 aromatic rings. The second kappa shape index (κ2) is 3.01. The quantitative estimate of drug-likeness (QED) is 0.677. The Balaban J connectivity index is 2.62. The maximum Gasteiger partial charge on any atom is 0.234 e. The van der Waals surface area contributed by atoms with Gasteiger partial charge in [0.1, 0.15) is 5.75 Å². The third-order valence-electron chi connectivity index (χ3n) is 2.76. The summed E-state index contributed by atoms with van der Waals surface area (Å²) in [5, 5.41) is 0. The van der Waals surface area contributed by atoms with Crippen LogP contribution in [0.25, 0.3) is 0 Å². The number of hydrogen-bond acceptors (Lipinski definition) is 2. The minimum Gasteiger partial charge on any atom is -0.496 e. The Bertz CT molecular complexity index is 387. The lowest BCUT2D eigenvalue weighted by Crippen LogP contribution is -2.22. The van der Waals surface area contributed by atoms with Crippen LogP contribution in [-0.2, 0) is 4.79 Å². The molecule has 1 unspecified atom stereocenters. The minimum atomic E-state index is -0.0915. The highest BCUT2D eigenvalue weighted by molar-refractivity contribution is 6.05. The molecule has 0 aromatic heterocycles. The fraction of sp³-hybridized carbons (Fsp3) is 0.364. The molecule has 0 spiro atoms. The monoisotopic (exact) mass is 191 g/mol. The van der Waals surface area contributed by atoms with Crippen LogP contribution in [-0.4, -0.2) is 20.1 Å². The largest absolute Gasteiger partial charge is 0.496 e. The van der Waals surface area contributed by atoms with Crippen molar-refractivity contribution in [3.8, 4) is 5.75 Å². The standard InChI is InChI=1S/C11H13NO2/c1-7-10-8(12(2)11(7)13)5-4-6-9(10)14-3/h4-7H,1-3H3. The van der Waals surface area contributed by atoms with E-state index in [1.165, 1.54) is 0 Å². The van der Waals surface area contributed by atoms with E-state index < -0.39 is 0 Å². The third kappa shape index (κ3) is 1.02. The molecule has 1 aliphatic rings. The normalized spacial score (nSPS) is 19.8. The van der Waals surface area contributed by atoms with Gasteiger partial charge in [-0.15, -0.1) is 0 Å². The van der Waals surface area contributed by atoms with Crippen LogP contribution in [0.2, 0.25) is 0 Å². The summed E-state index contributed by atoms with van der Waals surface area (Å²) in [4.78, 5) is 13.4. The van der Waals surface area contributed by atoms with Gasteiger partial charge in [-0.05, 0) is 19.1 Å². The van der Waals surface area contributed by atoms with E-state index in [0.29, 0.717) is 0 Å². The van der Waals surface area contributed by atoms with E-state index in [9.17, 15) is 4.79 Å². The Morgan fingerprint density at radius 2 is 2.14 bits per heavy atom. The second-order valence-electron chi connectivity index (χ2n) is 3.51. The van der Waals surface area contributed by atoms with Crippen molar-refractivity contribution in [2.75, 3.05) is 19.1 Å². The fourth-order valence-electron chi connectivity index (χ4n) is 1.97. The van der Waals surface area contributed by atoms with Crippen molar-refractivity contribution in [2.45, 2.75) is 12.8 Å². The average molecular weight is 191 g/mol. The summed E-state index contributed by atoms with van der Waals surface area (Å²) < 4.78 is 5.25. The van der Waals surface area contributed by atoms with Gasteiger partial charge in [-0.25, -0.2) is 0 Å². The van der Waals surface area contributed by atoms with E-state index >= 15 is 0 Å². The molecule has 14 heavy (non-hydrogen) atoms. The summed E-state index contributed by atoms with van der Waals surface area (Å²) in [6, 6.07) is 5.74. The number of carbonyl (C=O) groups is 1. The van der Waals surface area contributed by atoms with E-state index in [-0.39, 0.29) is 11.8 Å². The lowest BCUT2D eigenvalue weighted by Gasteiger charge is -2.10. The molecular weight excluding hydrogens is 178 g/mol. The van der Waals surface area contributed by atoms with Crippen LogP contribution in [0.5, 0.6) is 5.75 Å². The molecular formula is C11H13NO2. The third-order valence-corrected chi connectivity index (χ3v) is 2.76. The van der Waals surface area contributed by atoms with E-state index in [2.05, 4.69) is 0 Å². The van der Waals surface area contributed by atoms with Crippen molar-refractivity contribution in [1.29, 1.82) is 0 Å². The molecule has 0 N–H and O–H groups in total. The molecule has 0 fully saturated rings. The number of nitrogens with zero attached hydrogens (tertiary/aromatic N) is 1. The molecule has 3 heteroatoms. The van der Waals surface area contributed by atoms with Crippen LogP contribution >= 0.6 is 0 Å². The van der Waals surface area contributed by atoms with Crippen LogP contribution in [0.15, 0.2) is 18.2 Å². The van der Waals surface area contributed by atoms with E-state index in [1.54, 1.807) is 19.1 Å². The smallest absolute Gasteiger partial charge is 0.234 e. The maximum absolute atomic E-state index is 11.7. The number of anilines is 1. The summed E-state index contributed by atoms with van der Waals surface area (Å²) in [5.74, 6) is 0.836. The molecule has 0 radical (unpaired) electrons. The summed E-state index contributed by atoms with van der Waals surface area (Å²) in [6.45, 7) is 1.91. The van der Waals surface area contributed by atoms with Crippen LogP contribution in [0.4, 0.5) is 5.69 Å². The molecule has 1 atom stereocenters. The van der Waals surface area contributed by atoms with Crippen LogP contribution < -0.4 is 9.64 Å². The molecule has 0 bridgehead atoms. The van der Waals surface area contributed by atoms with Crippen molar-refractivity contribution in [3.05, 3.63) is 23.8 Å². The molecule has 3 nitrogen and oxygen atoms in total. The number of hydrogen-bond donors (Lipinski definition) is 0. The Morgan fingerprint density at radius 1 is 1.43 bits per heavy atom. The fourth-order valence-corrected chi connectivity index (χ4v) is 1.97. The lowest BCUT2D eigenvalue weighted by atomic mass is 10.0. The number of likely N-dealkylation sites (N-methyl/N-ethyl adjacent to an activating group) is 1. The molecule has 74 valence electrons. The number of fused-ring (bicyclic) bond motifs is 1. The highest BCUT2D eigenvalue weighted by Gasteiger charge is 2.34. The van der Waals surface area contributed by atoms with Gasteiger partial charge in [0.2, 0.25) is 5.91 Å². The lowest BCUT2D eigenvalue weighted by molar-refractivity contribution is -0.118. The summed E-state index contributed by atoms with van der Waals surface area (Å²) in [5.41, 5.74) is 1.96. The van der Waals surface area contributed by atoms with E-state index in [4.69, 9.17) is 4.74 Å². The number of ether oxygens (including phenoxy) is 1. The van der Waals surface area contributed by atoms with Crippen molar-refractivity contribution < 1.29 is 9.53 Å². The average Bonchev–Trinajstić information content (AvgIpc) is 2.44. The Hall–Kier alpha value is -1.51. The SMILES string of the molecule is COc1cccc2c1C(C)C(=O)N2C. The van der Waals surface area contributed by atoms with Crippen LogP contribution in [0, 0.1) is 0 Å². The number of methoxy groups -OCH3 is 1. The summed E-state index contributed by atoms with van der Waals surface area (Å²) in [7, 11) is 3.43. The van der Waals surface area contributed by atoms with Gasteiger partial charge in [0.15, 0.2) is 0 Å². The molecule has 0 saturated heterocycles. The summed E-state index contributed by atoms with van der Waals surface area (Å²) >= 11 is 0. The van der Waals surface area contributed by atoms with E-state index in [0.717, 1.165) is 17.0 Å². The Labute approximate surface area is 83.3 Å². The van der Waals surface area contributed by atoms with Crippen molar-refractivity contribution in [3.63, 3.8) is 0 Å². The number of benzene rings is 1. The van der Waals surface area contributed by atoms with Gasteiger partial charge in [-0.1, -0.05) is 6.07 Å². The van der Waals surface area contributed by atoms with Gasteiger partial charge in [-0.3, -0.25) is 4.79 Å². The van der Waals surface area contributed by atoms with Gasteiger partial charge in [0, 0.05) is 12.6 Å². The first-order valence-corrected chi connectivity index (χ1v) is 4.61. The Morgan fingerprint density at radius 3 is 2.79 bits per heavy atom. The zero-order chi connectivity index (χ0) is 10.3. The zero-order valence-electron chi connectivity index (χ0n) is 8.57. The molecule has 1 amide bonds. The van der Waals surface area contributed by atoms with Crippen molar-refractivity contribution in [1.82, 2.24) is 0 Å². The predicted octanol–water partition coefficient (Wildman–Crippen LogP) is 1.78. The van der Waals surface area contributed by atoms with Gasteiger partial charge in [-0.2, -0.15) is 0 Å². The van der Waals surface area contributed by atoms with Gasteiger partial charge >= 0.3 is 0 Å².